The number of rotatable bonds is 7. The molecule has 5 nitrogen and oxygen atoms in total. The van der Waals surface area contributed by atoms with Crippen LogP contribution in [-0.2, 0) is 14.3 Å². The monoisotopic (exact) mass is 335 g/mol. The van der Waals surface area contributed by atoms with Crippen molar-refractivity contribution in [2.75, 3.05) is 34.4 Å². The normalized spacial score (nSPS) is 22.8. The van der Waals surface area contributed by atoms with Gasteiger partial charge in [0.05, 0.1) is 26.2 Å². The Morgan fingerprint density at radius 3 is 2.62 bits per heavy atom. The van der Waals surface area contributed by atoms with Crippen molar-refractivity contribution in [3.63, 3.8) is 0 Å². The molecule has 24 heavy (non-hydrogen) atoms. The summed E-state index contributed by atoms with van der Waals surface area (Å²) < 4.78 is 15.9. The van der Waals surface area contributed by atoms with Crippen molar-refractivity contribution in [3.8, 4) is 5.75 Å². The molecule has 1 saturated heterocycles. The summed E-state index contributed by atoms with van der Waals surface area (Å²) in [6.45, 7) is 3.38. The van der Waals surface area contributed by atoms with Crippen molar-refractivity contribution in [2.45, 2.75) is 38.3 Å². The molecule has 0 spiro atoms. The van der Waals surface area contributed by atoms with Crippen LogP contribution < -0.4 is 4.74 Å². The highest BCUT2D eigenvalue weighted by Gasteiger charge is 2.31. The van der Waals surface area contributed by atoms with Gasteiger partial charge in [0.25, 0.3) is 0 Å². The van der Waals surface area contributed by atoms with E-state index in [1.54, 1.807) is 14.2 Å². The van der Waals surface area contributed by atoms with Crippen LogP contribution in [0, 0.1) is 5.92 Å². The standard InChI is InChI=1S/C19H29NO4/c1-14(22-3)12-18(21)24-13-16-6-5-11-20(2)19(16)15-7-9-17(23-4)10-8-15/h7-10,14,16,19H,5-6,11-13H2,1-4H3/t14-,16-,19+/m0/s1. The lowest BCUT2D eigenvalue weighted by Crippen LogP contribution is -2.38. The first-order chi connectivity index (χ1) is 11.5. The van der Waals surface area contributed by atoms with Gasteiger partial charge in [0.1, 0.15) is 5.75 Å². The highest BCUT2D eigenvalue weighted by atomic mass is 16.5. The van der Waals surface area contributed by atoms with Gasteiger partial charge in [-0.05, 0) is 51.1 Å². The molecule has 1 aromatic carbocycles. The molecule has 5 heteroatoms. The van der Waals surface area contributed by atoms with Gasteiger partial charge < -0.3 is 14.2 Å². The summed E-state index contributed by atoms with van der Waals surface area (Å²) >= 11 is 0. The minimum absolute atomic E-state index is 0.107. The lowest BCUT2D eigenvalue weighted by Gasteiger charge is -2.39. The van der Waals surface area contributed by atoms with Gasteiger partial charge in [-0.25, -0.2) is 0 Å². The molecule has 0 bridgehead atoms. The highest BCUT2D eigenvalue weighted by Crippen LogP contribution is 2.35. The molecule has 0 radical (unpaired) electrons. The number of hydrogen-bond donors (Lipinski definition) is 0. The minimum Gasteiger partial charge on any atom is -0.497 e. The van der Waals surface area contributed by atoms with Gasteiger partial charge in [-0.2, -0.15) is 0 Å². The summed E-state index contributed by atoms with van der Waals surface area (Å²) in [5.41, 5.74) is 1.24. The number of esters is 1. The second-order valence-corrected chi connectivity index (χ2v) is 6.53. The number of carbonyl (C=O) groups excluding carboxylic acids is 1. The van der Waals surface area contributed by atoms with Crippen LogP contribution in [0.15, 0.2) is 24.3 Å². The first-order valence-electron chi connectivity index (χ1n) is 8.57. The highest BCUT2D eigenvalue weighted by molar-refractivity contribution is 5.69. The number of nitrogens with zero attached hydrogens (tertiary/aromatic N) is 1. The molecule has 0 amide bonds. The first kappa shape index (κ1) is 18.7. The Balaban J connectivity index is 2.01. The van der Waals surface area contributed by atoms with E-state index in [1.165, 1.54) is 5.56 Å². The van der Waals surface area contributed by atoms with Gasteiger partial charge in [0, 0.05) is 19.1 Å². The van der Waals surface area contributed by atoms with Gasteiger partial charge in [0.15, 0.2) is 0 Å². The SMILES string of the molecule is COc1ccc([C@@H]2[C@H](COC(=O)C[C@H](C)OC)CCCN2C)cc1. The van der Waals surface area contributed by atoms with Crippen molar-refractivity contribution in [1.29, 1.82) is 0 Å². The van der Waals surface area contributed by atoms with Crippen LogP contribution in [0.3, 0.4) is 0 Å². The number of carbonyl (C=O) groups is 1. The largest absolute Gasteiger partial charge is 0.497 e. The Hall–Kier alpha value is -1.59. The number of piperidine rings is 1. The second kappa shape index (κ2) is 9.04. The van der Waals surface area contributed by atoms with Gasteiger partial charge in [-0.3, -0.25) is 9.69 Å². The van der Waals surface area contributed by atoms with E-state index in [1.807, 2.05) is 19.1 Å². The Morgan fingerprint density at radius 2 is 2.00 bits per heavy atom. The first-order valence-corrected chi connectivity index (χ1v) is 8.57. The summed E-state index contributed by atoms with van der Waals surface area (Å²) in [4.78, 5) is 14.3. The maximum atomic E-state index is 11.9. The van der Waals surface area contributed by atoms with E-state index in [4.69, 9.17) is 14.2 Å². The van der Waals surface area contributed by atoms with Crippen LogP contribution >= 0.6 is 0 Å². The van der Waals surface area contributed by atoms with E-state index in [9.17, 15) is 4.79 Å². The zero-order valence-electron chi connectivity index (χ0n) is 15.2. The van der Waals surface area contributed by atoms with Crippen molar-refractivity contribution in [3.05, 3.63) is 29.8 Å². The van der Waals surface area contributed by atoms with Crippen molar-refractivity contribution in [1.82, 2.24) is 4.90 Å². The Labute approximate surface area is 144 Å². The molecular weight excluding hydrogens is 306 g/mol. The van der Waals surface area contributed by atoms with E-state index in [0.29, 0.717) is 18.9 Å². The number of methoxy groups -OCH3 is 2. The van der Waals surface area contributed by atoms with Crippen molar-refractivity contribution < 1.29 is 19.0 Å². The third-order valence-electron chi connectivity index (χ3n) is 4.78. The van der Waals surface area contributed by atoms with Crippen LogP contribution in [-0.4, -0.2) is 51.4 Å². The molecule has 2 rings (SSSR count). The smallest absolute Gasteiger partial charge is 0.308 e. The van der Waals surface area contributed by atoms with Crippen LogP contribution in [0.2, 0.25) is 0 Å². The molecule has 134 valence electrons. The molecule has 0 N–H and O–H groups in total. The number of ether oxygens (including phenoxy) is 3. The summed E-state index contributed by atoms with van der Waals surface area (Å²) in [6.07, 6.45) is 2.38. The summed E-state index contributed by atoms with van der Waals surface area (Å²) in [6, 6.07) is 8.44. The Kier molecular flexibility index (Phi) is 7.06. The number of hydrogen-bond acceptors (Lipinski definition) is 5. The molecule has 1 aromatic rings. The second-order valence-electron chi connectivity index (χ2n) is 6.53. The van der Waals surface area contributed by atoms with E-state index >= 15 is 0 Å². The lowest BCUT2D eigenvalue weighted by atomic mass is 9.85. The third-order valence-corrected chi connectivity index (χ3v) is 4.78. The van der Waals surface area contributed by atoms with Gasteiger partial charge in [-0.1, -0.05) is 12.1 Å². The van der Waals surface area contributed by atoms with Gasteiger partial charge in [0.2, 0.25) is 0 Å². The molecular formula is C19H29NO4. The fraction of sp³-hybridized carbons (Fsp3) is 0.632. The third kappa shape index (κ3) is 4.95. The summed E-state index contributed by atoms with van der Waals surface area (Å²) in [5, 5.41) is 0. The predicted molar refractivity (Wildman–Crippen MR) is 93.1 cm³/mol. The molecule has 1 aliphatic rings. The maximum absolute atomic E-state index is 11.9. The minimum atomic E-state index is -0.189. The zero-order chi connectivity index (χ0) is 17.5. The fourth-order valence-corrected chi connectivity index (χ4v) is 3.34. The van der Waals surface area contributed by atoms with Gasteiger partial charge in [-0.15, -0.1) is 0 Å². The molecule has 0 aliphatic carbocycles. The molecule has 1 fully saturated rings. The van der Waals surface area contributed by atoms with Crippen molar-refractivity contribution >= 4 is 5.97 Å². The number of likely N-dealkylation sites (tertiary alicyclic amines) is 1. The Morgan fingerprint density at radius 1 is 1.29 bits per heavy atom. The molecule has 0 unspecified atom stereocenters. The summed E-state index contributed by atoms with van der Waals surface area (Å²) in [7, 11) is 5.41. The van der Waals surface area contributed by atoms with E-state index < -0.39 is 0 Å². The zero-order valence-corrected chi connectivity index (χ0v) is 15.2. The van der Waals surface area contributed by atoms with Crippen LogP contribution in [0.1, 0.15) is 37.8 Å². The average molecular weight is 335 g/mol. The van der Waals surface area contributed by atoms with Crippen LogP contribution in [0.4, 0.5) is 0 Å². The fourth-order valence-electron chi connectivity index (χ4n) is 3.34. The average Bonchev–Trinajstić information content (AvgIpc) is 2.60. The molecule has 1 aliphatic heterocycles. The van der Waals surface area contributed by atoms with E-state index in [2.05, 4.69) is 24.1 Å². The Bertz CT molecular complexity index is 517. The molecule has 3 atom stereocenters. The topological polar surface area (TPSA) is 48.0 Å². The summed E-state index contributed by atoms with van der Waals surface area (Å²) in [5.74, 6) is 0.971. The van der Waals surface area contributed by atoms with E-state index in [0.717, 1.165) is 25.1 Å². The van der Waals surface area contributed by atoms with Crippen LogP contribution in [0.25, 0.3) is 0 Å². The van der Waals surface area contributed by atoms with Crippen molar-refractivity contribution in [2.24, 2.45) is 5.92 Å². The lowest BCUT2D eigenvalue weighted by molar-refractivity contribution is -0.148. The number of benzene rings is 1. The van der Waals surface area contributed by atoms with Crippen LogP contribution in [0.5, 0.6) is 5.75 Å². The predicted octanol–water partition coefficient (Wildman–Crippen LogP) is 3.05. The van der Waals surface area contributed by atoms with E-state index in [-0.39, 0.29) is 18.1 Å². The molecule has 1 heterocycles. The molecule has 0 saturated carbocycles. The maximum Gasteiger partial charge on any atom is 0.308 e. The quantitative estimate of drug-likeness (QED) is 0.717. The molecule has 0 aromatic heterocycles. The van der Waals surface area contributed by atoms with Gasteiger partial charge >= 0.3 is 5.97 Å².